The second kappa shape index (κ2) is 14.3. The van der Waals surface area contributed by atoms with Crippen molar-refractivity contribution < 1.29 is 0 Å². The Morgan fingerprint density at radius 2 is 0.547 bits per heavy atom. The minimum atomic E-state index is 1.10. The maximum atomic E-state index is 2.35. The second-order valence-corrected chi connectivity index (χ2v) is 13.4. The third kappa shape index (κ3) is 6.77. The zero-order chi connectivity index (χ0) is 35.4. The highest BCUT2D eigenvalue weighted by molar-refractivity contribution is 5.88. The predicted molar refractivity (Wildman–Crippen MR) is 226 cm³/mol. The molecule has 1 nitrogen and oxygen atoms in total. The Bertz CT molecular complexity index is 2620. The van der Waals surface area contributed by atoms with E-state index >= 15 is 0 Å². The van der Waals surface area contributed by atoms with E-state index in [0.717, 1.165) is 17.1 Å². The van der Waals surface area contributed by atoms with Crippen molar-refractivity contribution in [1.82, 2.24) is 0 Å². The third-order valence-corrected chi connectivity index (χ3v) is 10.1. The summed E-state index contributed by atoms with van der Waals surface area (Å²) in [6, 6.07) is 80.8. The van der Waals surface area contributed by atoms with Crippen molar-refractivity contribution in [1.29, 1.82) is 0 Å². The Kier molecular flexibility index (Phi) is 8.66. The fourth-order valence-corrected chi connectivity index (χ4v) is 7.24. The average Bonchev–Trinajstić information content (AvgIpc) is 3.25. The first-order chi connectivity index (χ1) is 26.2. The molecule has 0 amide bonds. The average molecular weight is 676 g/mol. The Hall–Kier alpha value is -6.96. The quantitative estimate of drug-likeness (QED) is 0.155. The first kappa shape index (κ1) is 32.0. The third-order valence-electron chi connectivity index (χ3n) is 10.1. The maximum Gasteiger partial charge on any atom is 0.0467 e. The fourth-order valence-electron chi connectivity index (χ4n) is 7.24. The molecule has 0 radical (unpaired) electrons. The lowest BCUT2D eigenvalue weighted by Crippen LogP contribution is -2.10. The molecule has 0 fully saturated rings. The van der Waals surface area contributed by atoms with Crippen molar-refractivity contribution in [3.05, 3.63) is 224 Å². The summed E-state index contributed by atoms with van der Waals surface area (Å²) in [6.07, 6.45) is 0. The first-order valence-electron chi connectivity index (χ1n) is 18.2. The van der Waals surface area contributed by atoms with Crippen LogP contribution >= 0.6 is 0 Å². The lowest BCUT2D eigenvalue weighted by Gasteiger charge is -2.26. The van der Waals surface area contributed by atoms with Gasteiger partial charge < -0.3 is 4.90 Å². The maximum absolute atomic E-state index is 2.35. The van der Waals surface area contributed by atoms with Gasteiger partial charge in [0.1, 0.15) is 0 Å². The number of hydrogen-bond donors (Lipinski definition) is 0. The topological polar surface area (TPSA) is 3.24 Å². The lowest BCUT2D eigenvalue weighted by atomic mass is 9.97. The van der Waals surface area contributed by atoms with E-state index in [4.69, 9.17) is 0 Å². The van der Waals surface area contributed by atoms with Gasteiger partial charge in [0.15, 0.2) is 0 Å². The molecule has 0 aliphatic rings. The molecule has 0 aromatic heterocycles. The molecule has 0 heterocycles. The second-order valence-electron chi connectivity index (χ2n) is 13.4. The molecule has 53 heavy (non-hydrogen) atoms. The van der Waals surface area contributed by atoms with E-state index in [9.17, 15) is 0 Å². The molecule has 0 unspecified atom stereocenters. The summed E-state index contributed by atoms with van der Waals surface area (Å²) >= 11 is 0. The van der Waals surface area contributed by atoms with Crippen molar-refractivity contribution in [2.45, 2.75) is 0 Å². The predicted octanol–water partition coefficient (Wildman–Crippen LogP) is 14.6. The zero-order valence-corrected chi connectivity index (χ0v) is 29.3. The van der Waals surface area contributed by atoms with Crippen LogP contribution in [0.3, 0.4) is 0 Å². The number of nitrogens with zero attached hydrogens (tertiary/aromatic N) is 1. The van der Waals surface area contributed by atoms with E-state index < -0.39 is 0 Å². The Morgan fingerprint density at radius 1 is 0.189 bits per heavy atom. The summed E-state index contributed by atoms with van der Waals surface area (Å²) in [7, 11) is 0. The van der Waals surface area contributed by atoms with Crippen molar-refractivity contribution in [2.75, 3.05) is 4.90 Å². The molecule has 9 rings (SSSR count). The number of anilines is 3. The van der Waals surface area contributed by atoms with Gasteiger partial charge >= 0.3 is 0 Å². The zero-order valence-electron chi connectivity index (χ0n) is 29.3. The first-order valence-corrected chi connectivity index (χ1v) is 18.2. The standard InChI is InChI=1S/C52H37N/c1-3-11-38(12-4-1)41-21-23-43(24-22-41)48-19-10-20-52(37-48)53(50-31-27-42(28-32-50)39-13-5-2-6-14-39)51-33-29-44(30-34-51)46-17-9-18-47(35-46)49-26-25-40-15-7-8-16-45(40)36-49/h1-37H. The number of benzene rings is 9. The summed E-state index contributed by atoms with van der Waals surface area (Å²) in [5.41, 5.74) is 15.3. The van der Waals surface area contributed by atoms with E-state index in [2.05, 4.69) is 229 Å². The number of fused-ring (bicyclic) bond motifs is 1. The molecule has 9 aromatic rings. The number of rotatable bonds is 8. The monoisotopic (exact) mass is 675 g/mol. The van der Waals surface area contributed by atoms with Gasteiger partial charge in [-0.05, 0) is 115 Å². The minimum absolute atomic E-state index is 1.10. The van der Waals surface area contributed by atoms with Crippen LogP contribution in [0.1, 0.15) is 0 Å². The van der Waals surface area contributed by atoms with Gasteiger partial charge in [-0.25, -0.2) is 0 Å². The molecule has 0 spiro atoms. The highest BCUT2D eigenvalue weighted by atomic mass is 15.1. The summed E-state index contributed by atoms with van der Waals surface area (Å²) in [5, 5.41) is 2.51. The summed E-state index contributed by atoms with van der Waals surface area (Å²) in [5.74, 6) is 0. The van der Waals surface area contributed by atoms with Gasteiger partial charge in [-0.15, -0.1) is 0 Å². The molecular weight excluding hydrogens is 639 g/mol. The molecule has 0 atom stereocenters. The van der Waals surface area contributed by atoms with Crippen molar-refractivity contribution in [2.24, 2.45) is 0 Å². The smallest absolute Gasteiger partial charge is 0.0467 e. The van der Waals surface area contributed by atoms with Crippen LogP contribution in [0.25, 0.3) is 66.4 Å². The van der Waals surface area contributed by atoms with E-state index in [-0.39, 0.29) is 0 Å². The normalized spacial score (nSPS) is 11.0. The largest absolute Gasteiger partial charge is 0.310 e. The summed E-state index contributed by atoms with van der Waals surface area (Å²) < 4.78 is 0. The van der Waals surface area contributed by atoms with Gasteiger partial charge in [0, 0.05) is 17.1 Å². The molecule has 250 valence electrons. The molecule has 0 saturated carbocycles. The number of hydrogen-bond acceptors (Lipinski definition) is 1. The van der Waals surface area contributed by atoms with Crippen molar-refractivity contribution in [3.8, 4) is 55.6 Å². The van der Waals surface area contributed by atoms with Crippen LogP contribution in [-0.2, 0) is 0 Å². The van der Waals surface area contributed by atoms with Gasteiger partial charge in [-0.1, -0.05) is 176 Å². The van der Waals surface area contributed by atoms with Crippen LogP contribution < -0.4 is 4.90 Å². The van der Waals surface area contributed by atoms with Crippen molar-refractivity contribution in [3.63, 3.8) is 0 Å². The molecule has 9 aromatic carbocycles. The van der Waals surface area contributed by atoms with Crippen LogP contribution in [0.4, 0.5) is 17.1 Å². The van der Waals surface area contributed by atoms with Gasteiger partial charge in [0.05, 0.1) is 0 Å². The summed E-state index contributed by atoms with van der Waals surface area (Å²) in [4.78, 5) is 2.35. The van der Waals surface area contributed by atoms with Crippen LogP contribution in [-0.4, -0.2) is 0 Å². The fraction of sp³-hybridized carbons (Fsp3) is 0. The lowest BCUT2D eigenvalue weighted by molar-refractivity contribution is 1.28. The molecular formula is C52H37N. The Balaban J connectivity index is 1.06. The molecule has 1 heteroatoms. The van der Waals surface area contributed by atoms with Crippen molar-refractivity contribution >= 4 is 27.8 Å². The van der Waals surface area contributed by atoms with Crippen LogP contribution in [0, 0.1) is 0 Å². The van der Waals surface area contributed by atoms with Gasteiger partial charge in [0.2, 0.25) is 0 Å². The van der Waals surface area contributed by atoms with Crippen LogP contribution in [0.5, 0.6) is 0 Å². The van der Waals surface area contributed by atoms with E-state index in [1.54, 1.807) is 0 Å². The van der Waals surface area contributed by atoms with Gasteiger partial charge in [-0.3, -0.25) is 0 Å². The van der Waals surface area contributed by atoms with Gasteiger partial charge in [-0.2, -0.15) is 0 Å². The van der Waals surface area contributed by atoms with E-state index in [1.807, 2.05) is 0 Å². The molecule has 0 N–H and O–H groups in total. The van der Waals surface area contributed by atoms with Gasteiger partial charge in [0.25, 0.3) is 0 Å². The van der Waals surface area contributed by atoms with E-state index in [0.29, 0.717) is 0 Å². The highest BCUT2D eigenvalue weighted by Gasteiger charge is 2.15. The minimum Gasteiger partial charge on any atom is -0.310 e. The molecule has 0 aliphatic carbocycles. The summed E-state index contributed by atoms with van der Waals surface area (Å²) in [6.45, 7) is 0. The molecule has 0 bridgehead atoms. The Labute approximate surface area is 311 Å². The SMILES string of the molecule is c1ccc(-c2ccc(-c3cccc(N(c4ccc(-c5ccccc5)cc4)c4ccc(-c5cccc(-c6ccc7ccccc7c6)c5)cc4)c3)cc2)cc1. The molecule has 0 saturated heterocycles. The molecule has 0 aliphatic heterocycles. The highest BCUT2D eigenvalue weighted by Crippen LogP contribution is 2.39. The van der Waals surface area contributed by atoms with Crippen LogP contribution in [0.15, 0.2) is 224 Å². The van der Waals surface area contributed by atoms with E-state index in [1.165, 1.54) is 66.4 Å². The van der Waals surface area contributed by atoms with Crippen LogP contribution in [0.2, 0.25) is 0 Å². The Morgan fingerprint density at radius 3 is 1.11 bits per heavy atom.